The van der Waals surface area contributed by atoms with Gasteiger partial charge in [-0.1, -0.05) is 32.9 Å². The summed E-state index contributed by atoms with van der Waals surface area (Å²) >= 11 is 0. The van der Waals surface area contributed by atoms with Crippen molar-refractivity contribution in [2.75, 3.05) is 26.7 Å². The summed E-state index contributed by atoms with van der Waals surface area (Å²) in [6, 6.07) is 13.8. The summed E-state index contributed by atoms with van der Waals surface area (Å²) in [6.07, 6.45) is 0.834. The highest BCUT2D eigenvalue weighted by molar-refractivity contribution is 5.94. The minimum absolute atomic E-state index is 0.0511. The number of amides is 1. The third-order valence-corrected chi connectivity index (χ3v) is 6.25. The molecule has 1 aliphatic rings. The number of nitrogens with zero attached hydrogens (tertiary/aromatic N) is 4. The Kier molecular flexibility index (Phi) is 7.32. The highest BCUT2D eigenvalue weighted by atomic mass is 19.1. The van der Waals surface area contributed by atoms with E-state index in [2.05, 4.69) is 25.7 Å². The van der Waals surface area contributed by atoms with Gasteiger partial charge in [0.25, 0.3) is 5.91 Å². The predicted octanol–water partition coefficient (Wildman–Crippen LogP) is 4.70. The number of carbonyl (C=O) groups is 1. The Labute approximate surface area is 200 Å². The first kappa shape index (κ1) is 24.0. The number of halogens is 1. The van der Waals surface area contributed by atoms with E-state index in [4.69, 9.17) is 9.84 Å². The van der Waals surface area contributed by atoms with Crippen LogP contribution in [0.2, 0.25) is 0 Å². The maximum atomic E-state index is 14.0. The molecule has 3 aromatic rings. The minimum Gasteiger partial charge on any atom is -0.497 e. The average Bonchev–Trinajstić information content (AvgIpc) is 3.20. The SMILES string of the molecule is CCN1CCc2c(c(CN(CC(C)C)C(=O)c3cccc(OC)c3)nn2-c2cccc(F)c2)C1. The van der Waals surface area contributed by atoms with Gasteiger partial charge in [0, 0.05) is 37.2 Å². The molecular formula is C27H33FN4O2. The largest absolute Gasteiger partial charge is 0.497 e. The monoisotopic (exact) mass is 464 g/mol. The van der Waals surface area contributed by atoms with Crippen molar-refractivity contribution in [2.24, 2.45) is 5.92 Å². The minimum atomic E-state index is -0.288. The van der Waals surface area contributed by atoms with Gasteiger partial charge in [-0.25, -0.2) is 9.07 Å². The highest BCUT2D eigenvalue weighted by Gasteiger charge is 2.28. The van der Waals surface area contributed by atoms with Crippen molar-refractivity contribution in [1.82, 2.24) is 19.6 Å². The standard InChI is InChI=1S/C27H33FN4O2/c1-5-30-13-12-26-24(17-30)25(29-32(26)22-10-7-9-21(28)15-22)18-31(16-19(2)3)27(33)20-8-6-11-23(14-20)34-4/h6-11,14-15,19H,5,12-13,16-18H2,1-4H3. The van der Waals surface area contributed by atoms with Crippen LogP contribution in [0.25, 0.3) is 5.69 Å². The van der Waals surface area contributed by atoms with Crippen LogP contribution in [0.4, 0.5) is 4.39 Å². The topological polar surface area (TPSA) is 50.6 Å². The van der Waals surface area contributed by atoms with Gasteiger partial charge in [0.15, 0.2) is 0 Å². The molecule has 0 fully saturated rings. The molecule has 0 saturated heterocycles. The molecule has 4 rings (SSSR count). The Hall–Kier alpha value is -3.19. The zero-order valence-corrected chi connectivity index (χ0v) is 20.4. The Bertz CT molecular complexity index is 1160. The van der Waals surface area contributed by atoms with E-state index in [9.17, 15) is 9.18 Å². The molecule has 0 spiro atoms. The molecule has 1 aliphatic heterocycles. The molecule has 180 valence electrons. The number of fused-ring (bicyclic) bond motifs is 1. The first-order valence-corrected chi connectivity index (χ1v) is 11.9. The van der Waals surface area contributed by atoms with E-state index in [1.165, 1.54) is 12.1 Å². The van der Waals surface area contributed by atoms with Gasteiger partial charge in [-0.3, -0.25) is 9.69 Å². The zero-order valence-electron chi connectivity index (χ0n) is 20.4. The first-order valence-electron chi connectivity index (χ1n) is 11.9. The summed E-state index contributed by atoms with van der Waals surface area (Å²) in [7, 11) is 1.60. The molecule has 0 atom stereocenters. The predicted molar refractivity (Wildman–Crippen MR) is 131 cm³/mol. The lowest BCUT2D eigenvalue weighted by Gasteiger charge is -2.28. The van der Waals surface area contributed by atoms with Gasteiger partial charge >= 0.3 is 0 Å². The van der Waals surface area contributed by atoms with Crippen molar-refractivity contribution in [3.63, 3.8) is 0 Å². The number of aromatic nitrogens is 2. The molecule has 1 aromatic heterocycles. The number of carbonyl (C=O) groups excluding carboxylic acids is 1. The van der Waals surface area contributed by atoms with Gasteiger partial charge in [-0.05, 0) is 48.9 Å². The molecule has 0 N–H and O–H groups in total. The number of hydrogen-bond acceptors (Lipinski definition) is 4. The smallest absolute Gasteiger partial charge is 0.254 e. The molecule has 0 bridgehead atoms. The van der Waals surface area contributed by atoms with E-state index in [-0.39, 0.29) is 11.7 Å². The molecule has 2 aromatic carbocycles. The van der Waals surface area contributed by atoms with Crippen molar-refractivity contribution >= 4 is 5.91 Å². The molecule has 2 heterocycles. The van der Waals surface area contributed by atoms with Crippen molar-refractivity contribution < 1.29 is 13.9 Å². The van der Waals surface area contributed by atoms with Crippen LogP contribution in [-0.4, -0.2) is 52.2 Å². The molecule has 34 heavy (non-hydrogen) atoms. The maximum absolute atomic E-state index is 14.0. The quantitative estimate of drug-likeness (QED) is 0.485. The fourth-order valence-corrected chi connectivity index (χ4v) is 4.54. The zero-order chi connectivity index (χ0) is 24.2. The summed E-state index contributed by atoms with van der Waals surface area (Å²) in [4.78, 5) is 17.8. The summed E-state index contributed by atoms with van der Waals surface area (Å²) in [5.74, 6) is 0.610. The van der Waals surface area contributed by atoms with Crippen molar-refractivity contribution in [3.05, 3.63) is 76.9 Å². The molecule has 6 nitrogen and oxygen atoms in total. The summed E-state index contributed by atoms with van der Waals surface area (Å²) < 4.78 is 21.2. The van der Waals surface area contributed by atoms with E-state index >= 15 is 0 Å². The highest BCUT2D eigenvalue weighted by Crippen LogP contribution is 2.27. The van der Waals surface area contributed by atoms with E-state index in [0.717, 1.165) is 43.0 Å². The second kappa shape index (κ2) is 10.4. The van der Waals surface area contributed by atoms with Gasteiger partial charge in [-0.2, -0.15) is 5.10 Å². The lowest BCUT2D eigenvalue weighted by atomic mass is 10.0. The van der Waals surface area contributed by atoms with Crippen LogP contribution in [0, 0.1) is 11.7 Å². The van der Waals surface area contributed by atoms with Crippen LogP contribution in [0.15, 0.2) is 48.5 Å². The van der Waals surface area contributed by atoms with Crippen LogP contribution in [-0.2, 0) is 19.5 Å². The third kappa shape index (κ3) is 5.14. The normalized spacial score (nSPS) is 13.7. The van der Waals surface area contributed by atoms with E-state index in [0.29, 0.717) is 36.0 Å². The number of ether oxygens (including phenoxy) is 1. The Morgan fingerprint density at radius 1 is 1.21 bits per heavy atom. The summed E-state index contributed by atoms with van der Waals surface area (Å²) in [5.41, 5.74) is 4.41. The number of methoxy groups -OCH3 is 1. The average molecular weight is 465 g/mol. The van der Waals surface area contributed by atoms with Gasteiger partial charge in [-0.15, -0.1) is 0 Å². The molecular weight excluding hydrogens is 431 g/mol. The second-order valence-corrected chi connectivity index (χ2v) is 9.19. The lowest BCUT2D eigenvalue weighted by molar-refractivity contribution is 0.0719. The number of rotatable bonds is 8. The van der Waals surface area contributed by atoms with Gasteiger partial charge < -0.3 is 9.64 Å². The fourth-order valence-electron chi connectivity index (χ4n) is 4.54. The molecule has 0 unspecified atom stereocenters. The summed E-state index contributed by atoms with van der Waals surface area (Å²) in [6.45, 7) is 10.0. The van der Waals surface area contributed by atoms with Gasteiger partial charge in [0.2, 0.25) is 0 Å². The Balaban J connectivity index is 1.72. The molecule has 1 amide bonds. The van der Waals surface area contributed by atoms with Crippen LogP contribution in [0.1, 0.15) is 48.1 Å². The molecule has 0 saturated carbocycles. The van der Waals surface area contributed by atoms with Crippen LogP contribution >= 0.6 is 0 Å². The molecule has 0 aliphatic carbocycles. The van der Waals surface area contributed by atoms with E-state index in [1.54, 1.807) is 19.2 Å². The number of hydrogen-bond donors (Lipinski definition) is 0. The van der Waals surface area contributed by atoms with Crippen LogP contribution in [0.5, 0.6) is 5.75 Å². The fraction of sp³-hybridized carbons (Fsp3) is 0.407. The molecule has 0 radical (unpaired) electrons. The number of likely N-dealkylation sites (N-methyl/N-ethyl adjacent to an activating group) is 1. The van der Waals surface area contributed by atoms with Crippen LogP contribution < -0.4 is 4.74 Å². The number of benzene rings is 2. The van der Waals surface area contributed by atoms with Gasteiger partial charge in [0.1, 0.15) is 11.6 Å². The van der Waals surface area contributed by atoms with E-state index < -0.39 is 0 Å². The maximum Gasteiger partial charge on any atom is 0.254 e. The Morgan fingerprint density at radius 2 is 2.00 bits per heavy atom. The lowest BCUT2D eigenvalue weighted by Crippen LogP contribution is -2.35. The van der Waals surface area contributed by atoms with Crippen molar-refractivity contribution in [2.45, 2.75) is 40.3 Å². The first-order chi connectivity index (χ1) is 16.4. The van der Waals surface area contributed by atoms with E-state index in [1.807, 2.05) is 33.8 Å². The Morgan fingerprint density at radius 3 is 2.71 bits per heavy atom. The van der Waals surface area contributed by atoms with Crippen molar-refractivity contribution in [1.29, 1.82) is 0 Å². The third-order valence-electron chi connectivity index (χ3n) is 6.25. The second-order valence-electron chi connectivity index (χ2n) is 9.19. The van der Waals surface area contributed by atoms with Crippen LogP contribution in [0.3, 0.4) is 0 Å². The van der Waals surface area contributed by atoms with Gasteiger partial charge in [0.05, 0.1) is 30.7 Å². The molecule has 7 heteroatoms. The summed E-state index contributed by atoms with van der Waals surface area (Å²) in [5, 5.41) is 4.93. The van der Waals surface area contributed by atoms with Crippen molar-refractivity contribution in [3.8, 4) is 11.4 Å².